The third-order valence-corrected chi connectivity index (χ3v) is 6.19. The summed E-state index contributed by atoms with van der Waals surface area (Å²) in [5.41, 5.74) is 1.35. The fourth-order valence-corrected chi connectivity index (χ4v) is 4.31. The Hall–Kier alpha value is -4.73. The molecule has 0 bridgehead atoms. The zero-order valence-electron chi connectivity index (χ0n) is 19.7. The van der Waals surface area contributed by atoms with Gasteiger partial charge in [-0.2, -0.15) is 0 Å². The molecule has 9 nitrogen and oxygen atoms in total. The number of anilines is 1. The maximum absolute atomic E-state index is 13.5. The smallest absolute Gasteiger partial charge is 0.337 e. The minimum Gasteiger partial charge on any atom is -0.465 e. The van der Waals surface area contributed by atoms with Crippen molar-refractivity contribution < 1.29 is 37.8 Å². The molecule has 1 unspecified atom stereocenters. The quantitative estimate of drug-likeness (QED) is 0.375. The topological polar surface area (TPSA) is 102 Å². The predicted molar refractivity (Wildman–Crippen MR) is 128 cm³/mol. The molecule has 5 rings (SSSR count). The zero-order valence-corrected chi connectivity index (χ0v) is 19.7. The molecular weight excluding hydrogens is 483 g/mol. The number of hydrogen-bond acceptors (Lipinski definition) is 7. The molecule has 0 saturated carbocycles. The van der Waals surface area contributed by atoms with Gasteiger partial charge in [0.15, 0.2) is 11.5 Å². The van der Waals surface area contributed by atoms with Crippen molar-refractivity contribution in [3.8, 4) is 11.5 Å². The van der Waals surface area contributed by atoms with Crippen molar-refractivity contribution >= 4 is 29.4 Å². The van der Waals surface area contributed by atoms with Crippen molar-refractivity contribution in [3.05, 3.63) is 89.2 Å². The first-order valence-electron chi connectivity index (χ1n) is 11.4. The van der Waals surface area contributed by atoms with E-state index in [1.54, 1.807) is 18.2 Å². The van der Waals surface area contributed by atoms with Crippen LogP contribution in [0.4, 0.5) is 10.1 Å². The number of amides is 3. The summed E-state index contributed by atoms with van der Waals surface area (Å²) < 4.78 is 28.9. The Morgan fingerprint density at radius 2 is 1.65 bits per heavy atom. The van der Waals surface area contributed by atoms with Gasteiger partial charge in [0.05, 0.1) is 24.8 Å². The molecule has 0 aromatic heterocycles. The van der Waals surface area contributed by atoms with Gasteiger partial charge in [-0.3, -0.25) is 14.4 Å². The third kappa shape index (κ3) is 4.61. The summed E-state index contributed by atoms with van der Waals surface area (Å²) in [5.74, 6) is -1.61. The van der Waals surface area contributed by atoms with Gasteiger partial charge in [0, 0.05) is 12.1 Å². The molecule has 3 aromatic rings. The molecule has 1 atom stereocenters. The van der Waals surface area contributed by atoms with Crippen molar-refractivity contribution in [3.63, 3.8) is 0 Å². The number of halogens is 1. The summed E-state index contributed by atoms with van der Waals surface area (Å²) >= 11 is 0. The van der Waals surface area contributed by atoms with E-state index >= 15 is 0 Å². The molecule has 3 amide bonds. The Kier molecular flexibility index (Phi) is 6.31. The fourth-order valence-electron chi connectivity index (χ4n) is 4.31. The summed E-state index contributed by atoms with van der Waals surface area (Å²) in [4.78, 5) is 54.1. The van der Waals surface area contributed by atoms with Gasteiger partial charge in [0.25, 0.3) is 11.8 Å². The number of nitrogens with zero attached hydrogens (tertiary/aromatic N) is 2. The number of rotatable bonds is 6. The Morgan fingerprint density at radius 3 is 2.35 bits per heavy atom. The van der Waals surface area contributed by atoms with Crippen LogP contribution in [0.1, 0.15) is 32.7 Å². The SMILES string of the molecule is COC(=O)c1ccc(N2C(=O)CC(N(Cc3ccc4c(c3)OCO4)C(=O)c3ccc(F)cc3)C2=O)cc1. The van der Waals surface area contributed by atoms with Gasteiger partial charge in [0.1, 0.15) is 11.9 Å². The molecule has 2 heterocycles. The van der Waals surface area contributed by atoms with Gasteiger partial charge >= 0.3 is 5.97 Å². The van der Waals surface area contributed by atoms with Gasteiger partial charge in [-0.1, -0.05) is 6.07 Å². The van der Waals surface area contributed by atoms with Gasteiger partial charge in [-0.25, -0.2) is 14.1 Å². The number of carbonyl (C=O) groups is 4. The maximum atomic E-state index is 13.5. The number of esters is 1. The molecule has 37 heavy (non-hydrogen) atoms. The summed E-state index contributed by atoms with van der Waals surface area (Å²) in [6.45, 7) is 0.0714. The molecule has 1 fully saturated rings. The van der Waals surface area contributed by atoms with Crippen LogP contribution in [0.15, 0.2) is 66.7 Å². The van der Waals surface area contributed by atoms with Crippen LogP contribution in [0, 0.1) is 5.82 Å². The predicted octanol–water partition coefficient (Wildman–Crippen LogP) is 3.32. The first-order chi connectivity index (χ1) is 17.9. The Bertz CT molecular complexity index is 1390. The molecule has 0 aliphatic carbocycles. The minimum absolute atomic E-state index is 0.00828. The van der Waals surface area contributed by atoms with Crippen molar-refractivity contribution in [1.29, 1.82) is 0 Å². The largest absolute Gasteiger partial charge is 0.465 e. The van der Waals surface area contributed by atoms with Crippen molar-refractivity contribution in [1.82, 2.24) is 4.90 Å². The lowest BCUT2D eigenvalue weighted by Gasteiger charge is -2.28. The second-order valence-electron chi connectivity index (χ2n) is 8.45. The van der Waals surface area contributed by atoms with E-state index < -0.39 is 35.5 Å². The van der Waals surface area contributed by atoms with E-state index in [0.29, 0.717) is 17.1 Å². The lowest BCUT2D eigenvalue weighted by Crippen LogP contribution is -2.45. The molecule has 0 N–H and O–H groups in total. The number of methoxy groups -OCH3 is 1. The number of benzene rings is 3. The van der Waals surface area contributed by atoms with Crippen LogP contribution in [-0.4, -0.2) is 48.5 Å². The molecular formula is C27H21FN2O7. The maximum Gasteiger partial charge on any atom is 0.337 e. The highest BCUT2D eigenvalue weighted by atomic mass is 19.1. The normalized spacial score (nSPS) is 16.2. The van der Waals surface area contributed by atoms with E-state index in [2.05, 4.69) is 4.74 Å². The Morgan fingerprint density at radius 1 is 0.973 bits per heavy atom. The van der Waals surface area contributed by atoms with Crippen molar-refractivity contribution in [2.24, 2.45) is 0 Å². The monoisotopic (exact) mass is 504 g/mol. The lowest BCUT2D eigenvalue weighted by molar-refractivity contribution is -0.122. The number of fused-ring (bicyclic) bond motifs is 1. The number of ether oxygens (including phenoxy) is 3. The Labute approximate surface area is 210 Å². The highest BCUT2D eigenvalue weighted by Crippen LogP contribution is 2.34. The summed E-state index contributed by atoms with van der Waals surface area (Å²) in [6, 6.07) is 14.8. The third-order valence-electron chi connectivity index (χ3n) is 6.19. The molecule has 0 radical (unpaired) electrons. The average molecular weight is 504 g/mol. The van der Waals surface area contributed by atoms with E-state index in [-0.39, 0.29) is 36.6 Å². The number of carbonyl (C=O) groups excluding carboxylic acids is 4. The molecule has 0 spiro atoms. The van der Waals surface area contributed by atoms with Crippen molar-refractivity contribution in [2.75, 3.05) is 18.8 Å². The Balaban J connectivity index is 1.46. The van der Waals surface area contributed by atoms with E-state index in [0.717, 1.165) is 17.0 Å². The van der Waals surface area contributed by atoms with Gasteiger partial charge in [-0.15, -0.1) is 0 Å². The second kappa shape index (κ2) is 9.73. The second-order valence-corrected chi connectivity index (χ2v) is 8.45. The van der Waals surface area contributed by atoms with Crippen LogP contribution in [0.5, 0.6) is 11.5 Å². The van der Waals surface area contributed by atoms with Crippen molar-refractivity contribution in [2.45, 2.75) is 19.0 Å². The highest BCUT2D eigenvalue weighted by Gasteiger charge is 2.44. The van der Waals surface area contributed by atoms with Gasteiger partial charge in [0.2, 0.25) is 12.7 Å². The van der Waals surface area contributed by atoms with E-state index in [9.17, 15) is 23.6 Å². The molecule has 2 aliphatic rings. The van der Waals surface area contributed by atoms with Crippen LogP contribution in [-0.2, 0) is 20.9 Å². The van der Waals surface area contributed by atoms with E-state index in [1.165, 1.54) is 48.4 Å². The van der Waals surface area contributed by atoms with E-state index in [4.69, 9.17) is 9.47 Å². The molecule has 188 valence electrons. The molecule has 10 heteroatoms. The first-order valence-corrected chi connectivity index (χ1v) is 11.4. The first kappa shape index (κ1) is 24.0. The van der Waals surface area contributed by atoms with Crippen LogP contribution in [0.3, 0.4) is 0 Å². The fraction of sp³-hybridized carbons (Fsp3) is 0.185. The van der Waals surface area contributed by atoms with Crippen LogP contribution < -0.4 is 14.4 Å². The van der Waals surface area contributed by atoms with E-state index in [1.807, 2.05) is 0 Å². The average Bonchev–Trinajstić information content (AvgIpc) is 3.50. The number of imide groups is 1. The summed E-state index contributed by atoms with van der Waals surface area (Å²) in [7, 11) is 1.25. The van der Waals surface area contributed by atoms with Crippen LogP contribution in [0.2, 0.25) is 0 Å². The molecule has 3 aromatic carbocycles. The standard InChI is InChI=1S/C27H21FN2O7/c1-35-27(34)18-5-9-20(10-6-18)30-24(31)13-21(26(30)33)29(25(32)17-3-7-19(28)8-4-17)14-16-2-11-22-23(12-16)37-15-36-22/h2-12,21H,13-15H2,1H3. The minimum atomic E-state index is -1.10. The summed E-state index contributed by atoms with van der Waals surface area (Å²) in [5, 5.41) is 0. The van der Waals surface area contributed by atoms with Crippen LogP contribution >= 0.6 is 0 Å². The molecule has 2 aliphatic heterocycles. The van der Waals surface area contributed by atoms with Gasteiger partial charge < -0.3 is 19.1 Å². The number of hydrogen-bond donors (Lipinski definition) is 0. The zero-order chi connectivity index (χ0) is 26.1. The van der Waals surface area contributed by atoms with Crippen LogP contribution in [0.25, 0.3) is 0 Å². The molecule has 1 saturated heterocycles. The summed E-state index contributed by atoms with van der Waals surface area (Å²) in [6.07, 6.45) is -0.241. The highest BCUT2D eigenvalue weighted by molar-refractivity contribution is 6.23. The van der Waals surface area contributed by atoms with Gasteiger partial charge in [-0.05, 0) is 66.2 Å². The lowest BCUT2D eigenvalue weighted by atomic mass is 10.1.